The second-order valence-electron chi connectivity index (χ2n) is 5.70. The van der Waals surface area contributed by atoms with E-state index in [0.717, 1.165) is 18.9 Å². The van der Waals surface area contributed by atoms with Crippen LogP contribution in [0.1, 0.15) is 37.6 Å². The molecular formula is C15H23N3O2. The minimum absolute atomic E-state index is 0.341. The lowest BCUT2D eigenvalue weighted by Crippen LogP contribution is -2.39. The number of hydrogen-bond donors (Lipinski definition) is 1. The molecule has 5 nitrogen and oxygen atoms in total. The zero-order valence-corrected chi connectivity index (χ0v) is 12.4. The van der Waals surface area contributed by atoms with Gasteiger partial charge in [0.15, 0.2) is 0 Å². The largest absolute Gasteiger partial charge is 0.462 e. The molecule has 2 heterocycles. The summed E-state index contributed by atoms with van der Waals surface area (Å²) >= 11 is 0. The highest BCUT2D eigenvalue weighted by Gasteiger charge is 2.24. The van der Waals surface area contributed by atoms with Gasteiger partial charge >= 0.3 is 5.97 Å². The fourth-order valence-corrected chi connectivity index (χ4v) is 2.86. The van der Waals surface area contributed by atoms with Crippen LogP contribution in [0.2, 0.25) is 0 Å². The first-order chi connectivity index (χ1) is 9.51. The highest BCUT2D eigenvalue weighted by Crippen LogP contribution is 2.26. The molecule has 2 rings (SSSR count). The number of esters is 1. The number of carbonyl (C=O) groups excluding carboxylic acids is 1. The number of nitrogens with two attached hydrogens (primary N) is 1. The first kappa shape index (κ1) is 14.6. The molecule has 0 aliphatic carbocycles. The molecule has 20 heavy (non-hydrogen) atoms. The van der Waals surface area contributed by atoms with E-state index in [1.807, 2.05) is 0 Å². The first-order valence-corrected chi connectivity index (χ1v) is 7.18. The summed E-state index contributed by atoms with van der Waals surface area (Å²) in [6.45, 7) is 8.53. The van der Waals surface area contributed by atoms with Gasteiger partial charge in [-0.15, -0.1) is 0 Å². The van der Waals surface area contributed by atoms with Crippen molar-refractivity contribution in [1.82, 2.24) is 4.98 Å². The number of ether oxygens (including phenoxy) is 1. The summed E-state index contributed by atoms with van der Waals surface area (Å²) in [5.74, 6) is 1.68. The van der Waals surface area contributed by atoms with Crippen molar-refractivity contribution in [2.45, 2.75) is 27.2 Å². The molecule has 1 saturated heterocycles. The van der Waals surface area contributed by atoms with Gasteiger partial charge in [0.2, 0.25) is 0 Å². The van der Waals surface area contributed by atoms with Gasteiger partial charge < -0.3 is 15.4 Å². The Labute approximate surface area is 120 Å². The predicted molar refractivity (Wildman–Crippen MR) is 79.8 cm³/mol. The number of nitrogens with zero attached hydrogens (tertiary/aromatic N) is 2. The monoisotopic (exact) mass is 277 g/mol. The zero-order valence-electron chi connectivity index (χ0n) is 12.4. The fraction of sp³-hybridized carbons (Fsp3) is 0.600. The van der Waals surface area contributed by atoms with E-state index in [9.17, 15) is 4.79 Å². The lowest BCUT2D eigenvalue weighted by molar-refractivity contribution is 0.0527. The maximum Gasteiger partial charge on any atom is 0.340 e. The Balaban J connectivity index is 2.24. The molecule has 1 aromatic heterocycles. The van der Waals surface area contributed by atoms with Crippen LogP contribution in [-0.4, -0.2) is 30.6 Å². The van der Waals surface area contributed by atoms with E-state index in [0.29, 0.717) is 29.7 Å². The van der Waals surface area contributed by atoms with Crippen molar-refractivity contribution in [1.29, 1.82) is 0 Å². The van der Waals surface area contributed by atoms with E-state index < -0.39 is 0 Å². The molecule has 5 heteroatoms. The number of piperidine rings is 1. The molecule has 110 valence electrons. The van der Waals surface area contributed by atoms with Gasteiger partial charge in [0.25, 0.3) is 0 Å². The van der Waals surface area contributed by atoms with Gasteiger partial charge in [-0.1, -0.05) is 13.8 Å². The van der Waals surface area contributed by atoms with Crippen LogP contribution in [0.5, 0.6) is 0 Å². The van der Waals surface area contributed by atoms with Crippen LogP contribution >= 0.6 is 0 Å². The Hall–Kier alpha value is -1.78. The highest BCUT2D eigenvalue weighted by molar-refractivity contribution is 5.95. The number of rotatable bonds is 3. The number of pyridine rings is 1. The Morgan fingerprint density at radius 1 is 1.45 bits per heavy atom. The summed E-state index contributed by atoms with van der Waals surface area (Å²) in [5.41, 5.74) is 6.59. The van der Waals surface area contributed by atoms with Crippen molar-refractivity contribution in [3.05, 3.63) is 17.8 Å². The van der Waals surface area contributed by atoms with Crippen molar-refractivity contribution < 1.29 is 9.53 Å². The summed E-state index contributed by atoms with van der Waals surface area (Å²) in [4.78, 5) is 18.5. The highest BCUT2D eigenvalue weighted by atomic mass is 16.5. The average molecular weight is 277 g/mol. The summed E-state index contributed by atoms with van der Waals surface area (Å²) in [7, 11) is 0. The van der Waals surface area contributed by atoms with Crippen molar-refractivity contribution in [3.63, 3.8) is 0 Å². The third-order valence-corrected chi connectivity index (χ3v) is 3.61. The number of aromatic nitrogens is 1. The normalized spacial score (nSPS) is 22.6. The molecule has 1 aliphatic rings. The fourth-order valence-electron chi connectivity index (χ4n) is 2.86. The summed E-state index contributed by atoms with van der Waals surface area (Å²) < 4.78 is 5.03. The molecule has 0 radical (unpaired) electrons. The van der Waals surface area contributed by atoms with Crippen LogP contribution in [0.4, 0.5) is 11.5 Å². The Kier molecular flexibility index (Phi) is 4.47. The Bertz CT molecular complexity index is 480. The average Bonchev–Trinajstić information content (AvgIpc) is 2.38. The summed E-state index contributed by atoms with van der Waals surface area (Å²) in [5, 5.41) is 0. The molecule has 2 N–H and O–H groups in total. The zero-order chi connectivity index (χ0) is 14.7. The molecule has 1 aromatic rings. The topological polar surface area (TPSA) is 68.5 Å². The van der Waals surface area contributed by atoms with Crippen molar-refractivity contribution in [2.24, 2.45) is 11.8 Å². The molecular weight excluding hydrogens is 254 g/mol. The van der Waals surface area contributed by atoms with Crippen LogP contribution in [0.15, 0.2) is 12.3 Å². The van der Waals surface area contributed by atoms with E-state index in [4.69, 9.17) is 10.5 Å². The second kappa shape index (κ2) is 6.11. The quantitative estimate of drug-likeness (QED) is 0.859. The SMILES string of the molecule is CCOC(=O)c1cc(N2CC(C)CC(C)C2)ncc1N. The van der Waals surface area contributed by atoms with E-state index in [-0.39, 0.29) is 5.97 Å². The molecule has 1 aliphatic heterocycles. The lowest BCUT2D eigenvalue weighted by atomic mass is 9.92. The van der Waals surface area contributed by atoms with Gasteiger partial charge in [0.05, 0.1) is 24.1 Å². The van der Waals surface area contributed by atoms with Crippen molar-refractivity contribution in [2.75, 3.05) is 30.3 Å². The molecule has 1 fully saturated rings. The predicted octanol–water partition coefficient (Wildman–Crippen LogP) is 2.32. The molecule has 0 amide bonds. The third-order valence-electron chi connectivity index (χ3n) is 3.61. The molecule has 2 atom stereocenters. The Morgan fingerprint density at radius 2 is 2.10 bits per heavy atom. The van der Waals surface area contributed by atoms with Crippen LogP contribution in [-0.2, 0) is 4.74 Å². The number of carbonyl (C=O) groups is 1. The van der Waals surface area contributed by atoms with E-state index in [1.54, 1.807) is 19.2 Å². The van der Waals surface area contributed by atoms with Crippen molar-refractivity contribution >= 4 is 17.5 Å². The first-order valence-electron chi connectivity index (χ1n) is 7.18. The van der Waals surface area contributed by atoms with E-state index in [1.165, 1.54) is 6.42 Å². The molecule has 0 spiro atoms. The molecule has 0 saturated carbocycles. The number of anilines is 2. The lowest BCUT2D eigenvalue weighted by Gasteiger charge is -2.36. The van der Waals surface area contributed by atoms with Gasteiger partial charge in [0.1, 0.15) is 5.82 Å². The smallest absolute Gasteiger partial charge is 0.340 e. The van der Waals surface area contributed by atoms with Crippen LogP contribution in [0.3, 0.4) is 0 Å². The van der Waals surface area contributed by atoms with Crippen molar-refractivity contribution in [3.8, 4) is 0 Å². The maximum absolute atomic E-state index is 11.9. The number of nitrogen functional groups attached to an aromatic ring is 1. The van der Waals surface area contributed by atoms with Gasteiger partial charge in [-0.05, 0) is 31.2 Å². The standard InChI is InChI=1S/C15H23N3O2/c1-4-20-15(19)12-6-14(17-7-13(12)16)18-8-10(2)5-11(3)9-18/h6-7,10-11H,4-5,8-9,16H2,1-3H3. The number of hydrogen-bond acceptors (Lipinski definition) is 5. The van der Waals surface area contributed by atoms with Gasteiger partial charge in [-0.3, -0.25) is 0 Å². The molecule has 2 unspecified atom stereocenters. The molecule has 0 bridgehead atoms. The summed E-state index contributed by atoms with van der Waals surface area (Å²) in [6.07, 6.45) is 2.78. The summed E-state index contributed by atoms with van der Waals surface area (Å²) in [6, 6.07) is 1.75. The Morgan fingerprint density at radius 3 is 2.70 bits per heavy atom. The van der Waals surface area contributed by atoms with Gasteiger partial charge in [-0.25, -0.2) is 9.78 Å². The van der Waals surface area contributed by atoms with E-state index >= 15 is 0 Å². The van der Waals surface area contributed by atoms with Gasteiger partial charge in [-0.2, -0.15) is 0 Å². The minimum atomic E-state index is -0.383. The maximum atomic E-state index is 11.9. The van der Waals surface area contributed by atoms with Crippen LogP contribution in [0, 0.1) is 11.8 Å². The minimum Gasteiger partial charge on any atom is -0.462 e. The van der Waals surface area contributed by atoms with Crippen LogP contribution in [0.25, 0.3) is 0 Å². The van der Waals surface area contributed by atoms with Gasteiger partial charge in [0, 0.05) is 13.1 Å². The second-order valence-corrected chi connectivity index (χ2v) is 5.70. The third kappa shape index (κ3) is 3.21. The molecule has 0 aromatic carbocycles. The van der Waals surface area contributed by atoms with Crippen LogP contribution < -0.4 is 10.6 Å². The van der Waals surface area contributed by atoms with E-state index in [2.05, 4.69) is 23.7 Å².